The van der Waals surface area contributed by atoms with E-state index in [1.165, 1.54) is 0 Å². The summed E-state index contributed by atoms with van der Waals surface area (Å²) in [4.78, 5) is 23.6. The molecule has 1 aromatic rings. The number of nitrogens with zero attached hydrogens (tertiary/aromatic N) is 4. The molecule has 0 spiro atoms. The van der Waals surface area contributed by atoms with Gasteiger partial charge in [0.1, 0.15) is 5.82 Å². The van der Waals surface area contributed by atoms with Gasteiger partial charge >= 0.3 is 0 Å². The molecule has 1 amide bonds. The summed E-state index contributed by atoms with van der Waals surface area (Å²) < 4.78 is 0. The zero-order valence-corrected chi connectivity index (χ0v) is 10.5. The molecular formula is C12H18N4O2. The van der Waals surface area contributed by atoms with Crippen LogP contribution in [0.2, 0.25) is 0 Å². The summed E-state index contributed by atoms with van der Waals surface area (Å²) >= 11 is 0. The van der Waals surface area contributed by atoms with E-state index in [-0.39, 0.29) is 18.4 Å². The van der Waals surface area contributed by atoms with Crippen molar-refractivity contribution in [3.63, 3.8) is 0 Å². The Bertz CT molecular complexity index is 398. The second-order valence-electron chi connectivity index (χ2n) is 4.52. The van der Waals surface area contributed by atoms with Crippen molar-refractivity contribution in [2.24, 2.45) is 5.92 Å². The smallest absolute Gasteiger partial charge is 0.219 e. The Labute approximate surface area is 106 Å². The maximum Gasteiger partial charge on any atom is 0.219 e. The van der Waals surface area contributed by atoms with Crippen LogP contribution in [0.1, 0.15) is 6.92 Å². The SMILES string of the molecule is CC(=O)N1CCN(c2cnccn2)C[C@@H](CO)C1. The van der Waals surface area contributed by atoms with Gasteiger partial charge < -0.3 is 14.9 Å². The number of hydrogen-bond donors (Lipinski definition) is 1. The third-order valence-electron chi connectivity index (χ3n) is 3.17. The number of carbonyl (C=O) groups is 1. The van der Waals surface area contributed by atoms with Crippen LogP contribution in [-0.2, 0) is 4.79 Å². The van der Waals surface area contributed by atoms with Crippen molar-refractivity contribution in [3.8, 4) is 0 Å². The Balaban J connectivity index is 2.12. The van der Waals surface area contributed by atoms with Crippen LogP contribution in [-0.4, -0.2) is 58.7 Å². The van der Waals surface area contributed by atoms with Gasteiger partial charge in [-0.25, -0.2) is 4.98 Å². The molecule has 6 heteroatoms. The summed E-state index contributed by atoms with van der Waals surface area (Å²) in [5.41, 5.74) is 0. The first kappa shape index (κ1) is 12.8. The van der Waals surface area contributed by atoms with Crippen molar-refractivity contribution in [2.75, 3.05) is 37.7 Å². The number of aliphatic hydroxyl groups is 1. The van der Waals surface area contributed by atoms with Gasteiger partial charge in [-0.3, -0.25) is 9.78 Å². The summed E-state index contributed by atoms with van der Waals surface area (Å²) in [7, 11) is 0. The van der Waals surface area contributed by atoms with Crippen molar-refractivity contribution in [1.29, 1.82) is 0 Å². The number of aromatic nitrogens is 2. The molecule has 1 saturated heterocycles. The lowest BCUT2D eigenvalue weighted by molar-refractivity contribution is -0.129. The van der Waals surface area contributed by atoms with E-state index in [4.69, 9.17) is 0 Å². The fourth-order valence-electron chi connectivity index (χ4n) is 2.17. The van der Waals surface area contributed by atoms with Gasteiger partial charge in [-0.1, -0.05) is 0 Å². The molecule has 1 fully saturated rings. The minimum absolute atomic E-state index is 0.0504. The summed E-state index contributed by atoms with van der Waals surface area (Å²) in [6, 6.07) is 0. The van der Waals surface area contributed by atoms with E-state index in [9.17, 15) is 9.90 Å². The Morgan fingerprint density at radius 2 is 2.28 bits per heavy atom. The van der Waals surface area contributed by atoms with E-state index < -0.39 is 0 Å². The normalized spacial score (nSPS) is 20.7. The predicted octanol–water partition coefficient (Wildman–Crippen LogP) is -0.246. The zero-order valence-electron chi connectivity index (χ0n) is 10.5. The van der Waals surface area contributed by atoms with Crippen molar-refractivity contribution in [3.05, 3.63) is 18.6 Å². The first-order valence-corrected chi connectivity index (χ1v) is 6.08. The standard InChI is InChI=1S/C12H18N4O2/c1-10(18)15-4-5-16(8-11(7-15)9-17)12-6-13-2-3-14-12/h2-3,6,11,17H,4-5,7-9H2,1H3/t11-/m0/s1. The molecule has 2 rings (SSSR count). The zero-order chi connectivity index (χ0) is 13.0. The molecule has 0 bridgehead atoms. The van der Waals surface area contributed by atoms with Gasteiger partial charge in [0, 0.05) is 58.0 Å². The number of rotatable bonds is 2. The van der Waals surface area contributed by atoms with E-state index in [0.717, 1.165) is 12.4 Å². The monoisotopic (exact) mass is 250 g/mol. The lowest BCUT2D eigenvalue weighted by Crippen LogP contribution is -2.35. The van der Waals surface area contributed by atoms with Crippen molar-refractivity contribution >= 4 is 11.7 Å². The Kier molecular flexibility index (Phi) is 4.09. The highest BCUT2D eigenvalue weighted by atomic mass is 16.3. The topological polar surface area (TPSA) is 69.6 Å². The molecular weight excluding hydrogens is 232 g/mol. The van der Waals surface area contributed by atoms with E-state index in [1.54, 1.807) is 30.4 Å². The molecule has 18 heavy (non-hydrogen) atoms. The number of hydrogen-bond acceptors (Lipinski definition) is 5. The first-order valence-electron chi connectivity index (χ1n) is 6.08. The third kappa shape index (κ3) is 2.95. The molecule has 1 N–H and O–H groups in total. The summed E-state index contributed by atoms with van der Waals surface area (Å²) in [6.45, 7) is 4.30. The van der Waals surface area contributed by atoms with Crippen LogP contribution in [0.4, 0.5) is 5.82 Å². The Morgan fingerprint density at radius 3 is 2.89 bits per heavy atom. The van der Waals surface area contributed by atoms with Gasteiger partial charge in [0.15, 0.2) is 0 Å². The van der Waals surface area contributed by atoms with Crippen LogP contribution in [0.5, 0.6) is 0 Å². The van der Waals surface area contributed by atoms with Crippen LogP contribution < -0.4 is 4.90 Å². The van der Waals surface area contributed by atoms with E-state index >= 15 is 0 Å². The minimum atomic E-state index is 0.0504. The largest absolute Gasteiger partial charge is 0.396 e. The molecule has 0 saturated carbocycles. The van der Waals surface area contributed by atoms with Gasteiger partial charge in [0.25, 0.3) is 0 Å². The van der Waals surface area contributed by atoms with Crippen LogP contribution in [0, 0.1) is 5.92 Å². The molecule has 0 radical (unpaired) electrons. The van der Waals surface area contributed by atoms with Crippen LogP contribution in [0.3, 0.4) is 0 Å². The summed E-state index contributed by atoms with van der Waals surface area (Å²) in [5.74, 6) is 0.897. The predicted molar refractivity (Wildman–Crippen MR) is 67.1 cm³/mol. The summed E-state index contributed by atoms with van der Waals surface area (Å²) in [5, 5.41) is 9.38. The molecule has 1 aromatic heterocycles. The number of aliphatic hydroxyl groups excluding tert-OH is 1. The van der Waals surface area contributed by atoms with Gasteiger partial charge in [-0.2, -0.15) is 0 Å². The maximum absolute atomic E-state index is 11.5. The highest BCUT2D eigenvalue weighted by Gasteiger charge is 2.24. The maximum atomic E-state index is 11.5. The lowest BCUT2D eigenvalue weighted by atomic mass is 10.1. The molecule has 1 aliphatic rings. The highest BCUT2D eigenvalue weighted by molar-refractivity contribution is 5.73. The molecule has 2 heterocycles. The molecule has 0 aromatic carbocycles. The second kappa shape index (κ2) is 5.77. The Hall–Kier alpha value is -1.69. The summed E-state index contributed by atoms with van der Waals surface area (Å²) in [6.07, 6.45) is 4.99. The average molecular weight is 250 g/mol. The third-order valence-corrected chi connectivity index (χ3v) is 3.17. The van der Waals surface area contributed by atoms with Gasteiger partial charge in [0.2, 0.25) is 5.91 Å². The average Bonchev–Trinajstić information content (AvgIpc) is 2.62. The van der Waals surface area contributed by atoms with Crippen LogP contribution in [0.15, 0.2) is 18.6 Å². The quantitative estimate of drug-likeness (QED) is 0.784. The first-order chi connectivity index (χ1) is 8.70. The van der Waals surface area contributed by atoms with Crippen molar-refractivity contribution < 1.29 is 9.90 Å². The van der Waals surface area contributed by atoms with E-state index in [0.29, 0.717) is 19.6 Å². The number of anilines is 1. The van der Waals surface area contributed by atoms with Crippen LogP contribution >= 0.6 is 0 Å². The van der Waals surface area contributed by atoms with E-state index in [2.05, 4.69) is 14.9 Å². The number of carbonyl (C=O) groups excluding carboxylic acids is 1. The fraction of sp³-hybridized carbons (Fsp3) is 0.583. The van der Waals surface area contributed by atoms with Crippen molar-refractivity contribution in [2.45, 2.75) is 6.92 Å². The van der Waals surface area contributed by atoms with Crippen LogP contribution in [0.25, 0.3) is 0 Å². The second-order valence-corrected chi connectivity index (χ2v) is 4.52. The minimum Gasteiger partial charge on any atom is -0.396 e. The molecule has 6 nitrogen and oxygen atoms in total. The van der Waals surface area contributed by atoms with Gasteiger partial charge in [0.05, 0.1) is 6.20 Å². The van der Waals surface area contributed by atoms with Crippen molar-refractivity contribution in [1.82, 2.24) is 14.9 Å². The molecule has 1 atom stereocenters. The van der Waals surface area contributed by atoms with Gasteiger partial charge in [-0.15, -0.1) is 0 Å². The molecule has 0 aliphatic carbocycles. The number of amides is 1. The highest BCUT2D eigenvalue weighted by Crippen LogP contribution is 2.15. The van der Waals surface area contributed by atoms with E-state index in [1.807, 2.05) is 0 Å². The molecule has 1 aliphatic heterocycles. The van der Waals surface area contributed by atoms with Gasteiger partial charge in [-0.05, 0) is 0 Å². The molecule has 98 valence electrons. The molecule has 0 unspecified atom stereocenters. The Morgan fingerprint density at radius 1 is 1.44 bits per heavy atom. The lowest BCUT2D eigenvalue weighted by Gasteiger charge is -2.23. The fourth-order valence-corrected chi connectivity index (χ4v) is 2.17.